The van der Waals surface area contributed by atoms with Crippen molar-refractivity contribution in [1.29, 1.82) is 0 Å². The SMILES string of the molecule is CCC(C)(C)c1ccc(OC(=O)NCC2(C)CC(OC(N)=O)CC(C)(C)C2)c(C(C)(C)CC)c1. The number of nitrogens with one attached hydrogen (secondary N) is 1. The molecule has 6 nitrogen and oxygen atoms in total. The minimum Gasteiger partial charge on any atom is -0.446 e. The fourth-order valence-electron chi connectivity index (χ4n) is 5.30. The van der Waals surface area contributed by atoms with Crippen LogP contribution in [0.3, 0.4) is 0 Å². The average Bonchev–Trinajstić information content (AvgIpc) is 2.70. The maximum atomic E-state index is 12.9. The van der Waals surface area contributed by atoms with E-state index in [1.54, 1.807) is 0 Å². The van der Waals surface area contributed by atoms with Crippen LogP contribution in [-0.4, -0.2) is 24.8 Å². The van der Waals surface area contributed by atoms with E-state index in [9.17, 15) is 9.59 Å². The van der Waals surface area contributed by atoms with Crippen molar-refractivity contribution in [3.8, 4) is 5.75 Å². The Morgan fingerprint density at radius 2 is 1.68 bits per heavy atom. The summed E-state index contributed by atoms with van der Waals surface area (Å²) < 4.78 is 11.2. The summed E-state index contributed by atoms with van der Waals surface area (Å²) in [5, 5.41) is 2.97. The van der Waals surface area contributed by atoms with Crippen molar-refractivity contribution in [3.63, 3.8) is 0 Å². The van der Waals surface area contributed by atoms with Crippen LogP contribution in [0.1, 0.15) is 106 Å². The van der Waals surface area contributed by atoms with Crippen molar-refractivity contribution < 1.29 is 19.1 Å². The van der Waals surface area contributed by atoms with Gasteiger partial charge in [0.1, 0.15) is 11.9 Å². The molecule has 0 heterocycles. The number of rotatable bonds is 8. The molecule has 0 aromatic heterocycles. The van der Waals surface area contributed by atoms with Gasteiger partial charge in [-0.1, -0.05) is 74.4 Å². The molecule has 6 heteroatoms. The molecule has 1 fully saturated rings. The first kappa shape index (κ1) is 28.0. The lowest BCUT2D eigenvalue weighted by Gasteiger charge is -2.46. The van der Waals surface area contributed by atoms with Crippen LogP contribution >= 0.6 is 0 Å². The topological polar surface area (TPSA) is 90.7 Å². The predicted molar refractivity (Wildman–Crippen MR) is 137 cm³/mol. The molecule has 0 radical (unpaired) electrons. The van der Waals surface area contributed by atoms with Gasteiger partial charge >= 0.3 is 12.2 Å². The van der Waals surface area contributed by atoms with E-state index in [1.165, 1.54) is 5.56 Å². The molecular weight excluding hydrogens is 428 g/mol. The van der Waals surface area contributed by atoms with Crippen molar-refractivity contribution in [2.24, 2.45) is 16.6 Å². The highest BCUT2D eigenvalue weighted by molar-refractivity contribution is 5.71. The number of amides is 2. The van der Waals surface area contributed by atoms with E-state index in [0.29, 0.717) is 18.7 Å². The molecule has 0 spiro atoms. The van der Waals surface area contributed by atoms with E-state index < -0.39 is 12.2 Å². The highest BCUT2D eigenvalue weighted by atomic mass is 16.6. The van der Waals surface area contributed by atoms with E-state index in [0.717, 1.165) is 31.2 Å². The summed E-state index contributed by atoms with van der Waals surface area (Å²) in [6, 6.07) is 6.20. The number of hydrogen-bond acceptors (Lipinski definition) is 4. The highest BCUT2D eigenvalue weighted by Gasteiger charge is 2.43. The molecule has 2 atom stereocenters. The standard InChI is InChI=1S/C28H46N2O4/c1-10-26(5,6)19-12-13-22(21(14-19)27(7,8)11-2)34-24(32)30-18-28(9)16-20(33-23(29)31)15-25(3,4)17-28/h12-14,20H,10-11,15-18H2,1-9H3,(H2,29,31)(H,30,32). The van der Waals surface area contributed by atoms with E-state index in [2.05, 4.69) is 79.8 Å². The van der Waals surface area contributed by atoms with Crippen LogP contribution in [0.15, 0.2) is 18.2 Å². The van der Waals surface area contributed by atoms with Crippen LogP contribution in [-0.2, 0) is 15.6 Å². The molecule has 1 saturated carbocycles. The molecule has 2 unspecified atom stereocenters. The third-order valence-electron chi connectivity index (χ3n) is 7.81. The largest absolute Gasteiger partial charge is 0.446 e. The van der Waals surface area contributed by atoms with Gasteiger partial charge < -0.3 is 20.5 Å². The molecule has 0 saturated heterocycles. The number of nitrogens with two attached hydrogens (primary N) is 1. The second kappa shape index (κ2) is 10.2. The van der Waals surface area contributed by atoms with Gasteiger partial charge in [0, 0.05) is 12.1 Å². The number of benzene rings is 1. The van der Waals surface area contributed by atoms with Gasteiger partial charge in [0.05, 0.1) is 0 Å². The zero-order valence-corrected chi connectivity index (χ0v) is 22.8. The molecular formula is C28H46N2O4. The Morgan fingerprint density at radius 1 is 1.06 bits per heavy atom. The molecule has 0 aliphatic heterocycles. The summed E-state index contributed by atoms with van der Waals surface area (Å²) in [6.07, 6.45) is 2.78. The second-order valence-electron chi connectivity index (χ2n) is 12.5. The predicted octanol–water partition coefficient (Wildman–Crippen LogP) is 6.83. The summed E-state index contributed by atoms with van der Waals surface area (Å²) in [4.78, 5) is 24.2. The number of primary amides is 1. The van der Waals surface area contributed by atoms with Crippen LogP contribution in [0, 0.1) is 10.8 Å². The van der Waals surface area contributed by atoms with Crippen LogP contribution in [0.2, 0.25) is 0 Å². The Labute approximate surface area is 206 Å². The first-order valence-electron chi connectivity index (χ1n) is 12.6. The Morgan fingerprint density at radius 3 is 2.24 bits per heavy atom. The van der Waals surface area contributed by atoms with Gasteiger partial charge in [-0.15, -0.1) is 0 Å². The van der Waals surface area contributed by atoms with Crippen molar-refractivity contribution in [2.45, 2.75) is 111 Å². The zero-order chi connectivity index (χ0) is 25.9. The zero-order valence-electron chi connectivity index (χ0n) is 22.8. The molecule has 1 aromatic rings. The smallest absolute Gasteiger partial charge is 0.412 e. The molecule has 0 bridgehead atoms. The van der Waals surface area contributed by atoms with E-state index >= 15 is 0 Å². The normalized spacial score (nSPS) is 22.7. The molecule has 3 N–H and O–H groups in total. The summed E-state index contributed by atoms with van der Waals surface area (Å²) in [5.41, 5.74) is 7.21. The van der Waals surface area contributed by atoms with Crippen molar-refractivity contribution in [3.05, 3.63) is 29.3 Å². The highest BCUT2D eigenvalue weighted by Crippen LogP contribution is 2.46. The third kappa shape index (κ3) is 7.13. The molecule has 1 aromatic carbocycles. The quantitative estimate of drug-likeness (QED) is 0.432. The first-order valence-corrected chi connectivity index (χ1v) is 12.6. The van der Waals surface area contributed by atoms with Crippen LogP contribution in [0.4, 0.5) is 9.59 Å². The Kier molecular flexibility index (Phi) is 8.37. The lowest BCUT2D eigenvalue weighted by Crippen LogP contribution is -2.47. The lowest BCUT2D eigenvalue weighted by atomic mass is 9.63. The fraction of sp³-hybridized carbons (Fsp3) is 0.714. The van der Waals surface area contributed by atoms with Gasteiger partial charge in [-0.3, -0.25) is 0 Å². The number of ether oxygens (including phenoxy) is 2. The van der Waals surface area contributed by atoms with Gasteiger partial charge in [-0.2, -0.15) is 0 Å². The monoisotopic (exact) mass is 474 g/mol. The minimum absolute atomic E-state index is 0.0288. The number of carbonyl (C=O) groups is 2. The third-order valence-corrected chi connectivity index (χ3v) is 7.81. The minimum atomic E-state index is -0.752. The van der Waals surface area contributed by atoms with Crippen molar-refractivity contribution in [1.82, 2.24) is 5.32 Å². The summed E-state index contributed by atoms with van der Waals surface area (Å²) in [6.45, 7) is 20.0. The van der Waals surface area contributed by atoms with Gasteiger partial charge in [-0.05, 0) is 65.4 Å². The van der Waals surface area contributed by atoms with E-state index in [1.807, 2.05) is 6.07 Å². The first-order chi connectivity index (χ1) is 15.5. The Bertz CT molecular complexity index is 890. The van der Waals surface area contributed by atoms with Gasteiger partial charge in [0.15, 0.2) is 0 Å². The maximum Gasteiger partial charge on any atom is 0.412 e. The second-order valence-corrected chi connectivity index (χ2v) is 12.5. The van der Waals surface area contributed by atoms with Crippen LogP contribution in [0.5, 0.6) is 5.75 Å². The fourth-order valence-corrected chi connectivity index (χ4v) is 5.30. The molecule has 2 rings (SSSR count). The van der Waals surface area contributed by atoms with E-state index in [4.69, 9.17) is 15.2 Å². The van der Waals surface area contributed by atoms with Crippen LogP contribution < -0.4 is 15.8 Å². The Balaban J connectivity index is 2.18. The van der Waals surface area contributed by atoms with Gasteiger partial charge in [0.2, 0.25) is 0 Å². The number of hydrogen-bond donors (Lipinski definition) is 2. The number of carbonyl (C=O) groups excluding carboxylic acids is 2. The Hall–Kier alpha value is -2.24. The maximum absolute atomic E-state index is 12.9. The van der Waals surface area contributed by atoms with Gasteiger partial charge in [-0.25, -0.2) is 9.59 Å². The van der Waals surface area contributed by atoms with Crippen molar-refractivity contribution in [2.75, 3.05) is 6.54 Å². The summed E-state index contributed by atoms with van der Waals surface area (Å²) >= 11 is 0. The average molecular weight is 475 g/mol. The molecule has 34 heavy (non-hydrogen) atoms. The van der Waals surface area contributed by atoms with E-state index in [-0.39, 0.29) is 27.8 Å². The van der Waals surface area contributed by atoms with Crippen molar-refractivity contribution >= 4 is 12.2 Å². The molecule has 192 valence electrons. The summed E-state index contributed by atoms with van der Waals surface area (Å²) in [5.74, 6) is 0.601. The molecule has 2 amide bonds. The molecule has 1 aliphatic rings. The van der Waals surface area contributed by atoms with Crippen LogP contribution in [0.25, 0.3) is 0 Å². The lowest BCUT2D eigenvalue weighted by molar-refractivity contribution is -0.0163. The summed E-state index contributed by atoms with van der Waals surface area (Å²) in [7, 11) is 0. The van der Waals surface area contributed by atoms with Gasteiger partial charge in [0.25, 0.3) is 0 Å². The molecule has 1 aliphatic carbocycles.